The summed E-state index contributed by atoms with van der Waals surface area (Å²) in [4.78, 5) is 0. The number of aliphatic hydroxyl groups is 1. The highest BCUT2D eigenvalue weighted by molar-refractivity contribution is 7.89. The fraction of sp³-hybridized carbons (Fsp3) is 0.500. The molecule has 0 amide bonds. The quantitative estimate of drug-likeness (QED) is 0.629. The monoisotopic (exact) mass is 428 g/mol. The molecule has 0 aromatic heterocycles. The Hall–Kier alpha value is -1.73. The molecular weight excluding hydrogens is 396 g/mol. The highest BCUT2D eigenvalue weighted by Gasteiger charge is 2.65. The second-order valence-corrected chi connectivity index (χ2v) is 11.3. The lowest BCUT2D eigenvalue weighted by Crippen LogP contribution is -2.48. The molecule has 2 aromatic rings. The number of rotatable bonds is 7. The molecule has 6 heteroatoms. The summed E-state index contributed by atoms with van der Waals surface area (Å²) in [5, 5.41) is 10.8. The Morgan fingerprint density at radius 3 is 2.13 bits per heavy atom. The zero-order valence-electron chi connectivity index (χ0n) is 17.7. The largest absolute Gasteiger partial charge is 0.392 e. The molecule has 0 radical (unpaired) electrons. The Labute approximate surface area is 179 Å². The van der Waals surface area contributed by atoms with Gasteiger partial charge in [0.2, 0.25) is 10.0 Å². The molecule has 5 atom stereocenters. The molecular formula is C24H32N2O3S. The van der Waals surface area contributed by atoms with Crippen molar-refractivity contribution in [3.8, 4) is 0 Å². The van der Waals surface area contributed by atoms with Crippen LogP contribution in [-0.2, 0) is 10.0 Å². The van der Waals surface area contributed by atoms with E-state index in [9.17, 15) is 13.5 Å². The summed E-state index contributed by atoms with van der Waals surface area (Å²) in [5.41, 5.74) is 7.45. The van der Waals surface area contributed by atoms with E-state index >= 15 is 0 Å². The minimum atomic E-state index is -3.70. The van der Waals surface area contributed by atoms with E-state index in [1.54, 1.807) is 0 Å². The number of sulfonamides is 1. The summed E-state index contributed by atoms with van der Waals surface area (Å²) in [5.74, 6) is 0.300. The number of fused-ring (bicyclic) bond motifs is 2. The van der Waals surface area contributed by atoms with Crippen LogP contribution < -0.4 is 10.5 Å². The van der Waals surface area contributed by atoms with Crippen molar-refractivity contribution in [1.82, 2.24) is 4.72 Å². The summed E-state index contributed by atoms with van der Waals surface area (Å²) < 4.78 is 29.8. The van der Waals surface area contributed by atoms with Crippen LogP contribution in [0, 0.1) is 16.7 Å². The van der Waals surface area contributed by atoms with E-state index < -0.39 is 33.6 Å². The molecule has 4 N–H and O–H groups in total. The summed E-state index contributed by atoms with van der Waals surface area (Å²) in [6.45, 7) is 4.22. The van der Waals surface area contributed by atoms with Gasteiger partial charge in [-0.15, -0.1) is 0 Å². The fourth-order valence-corrected chi connectivity index (χ4v) is 7.97. The maximum atomic E-state index is 13.4. The van der Waals surface area contributed by atoms with Crippen molar-refractivity contribution in [2.24, 2.45) is 22.5 Å². The number of hydrogen-bond donors (Lipinski definition) is 3. The van der Waals surface area contributed by atoms with Crippen molar-refractivity contribution in [2.45, 2.75) is 51.3 Å². The van der Waals surface area contributed by atoms with Gasteiger partial charge < -0.3 is 10.8 Å². The van der Waals surface area contributed by atoms with Crippen LogP contribution in [0.4, 0.5) is 0 Å². The van der Waals surface area contributed by atoms with Crippen LogP contribution >= 0.6 is 0 Å². The van der Waals surface area contributed by atoms with Gasteiger partial charge in [-0.2, -0.15) is 0 Å². The Bertz CT molecular complexity index is 978. The van der Waals surface area contributed by atoms with E-state index in [0.717, 1.165) is 24.0 Å². The van der Waals surface area contributed by atoms with E-state index in [4.69, 9.17) is 5.73 Å². The Morgan fingerprint density at radius 1 is 1.07 bits per heavy atom. The third-order valence-corrected chi connectivity index (χ3v) is 9.35. The highest BCUT2D eigenvalue weighted by Crippen LogP contribution is 2.66. The molecule has 2 aliphatic carbocycles. The molecule has 2 saturated carbocycles. The Balaban J connectivity index is 1.64. The first kappa shape index (κ1) is 21.5. The SMILES string of the molecule is CC1(C)C2CC[C@]1(CS(=O)(=O)NC(c1ccccc1)C(N)c1ccccc1)C(O)C2. The number of nitrogens with two attached hydrogens (primary N) is 1. The molecule has 0 spiro atoms. The van der Waals surface area contributed by atoms with Gasteiger partial charge in [-0.05, 0) is 41.7 Å². The molecule has 30 heavy (non-hydrogen) atoms. The van der Waals surface area contributed by atoms with Crippen LogP contribution in [0.5, 0.6) is 0 Å². The topological polar surface area (TPSA) is 92.4 Å². The van der Waals surface area contributed by atoms with E-state index in [1.807, 2.05) is 60.7 Å². The predicted molar refractivity (Wildman–Crippen MR) is 119 cm³/mol. The van der Waals surface area contributed by atoms with Crippen molar-refractivity contribution in [3.05, 3.63) is 71.8 Å². The number of hydrogen-bond acceptors (Lipinski definition) is 4. The first-order valence-electron chi connectivity index (χ1n) is 10.7. The second-order valence-electron chi connectivity index (χ2n) is 9.57. The van der Waals surface area contributed by atoms with Crippen molar-refractivity contribution in [1.29, 1.82) is 0 Å². The van der Waals surface area contributed by atoms with Crippen LogP contribution in [0.15, 0.2) is 60.7 Å². The van der Waals surface area contributed by atoms with Gasteiger partial charge in [0.1, 0.15) is 0 Å². The maximum absolute atomic E-state index is 13.4. The molecule has 0 saturated heterocycles. The smallest absolute Gasteiger partial charge is 0.212 e. The summed E-state index contributed by atoms with van der Waals surface area (Å²) in [6.07, 6.45) is 1.83. The third-order valence-electron chi connectivity index (χ3n) is 7.84. The Kier molecular flexibility index (Phi) is 5.56. The summed E-state index contributed by atoms with van der Waals surface area (Å²) >= 11 is 0. The van der Waals surface area contributed by atoms with Crippen LogP contribution in [0.1, 0.15) is 56.3 Å². The average molecular weight is 429 g/mol. The molecule has 2 aliphatic rings. The van der Waals surface area contributed by atoms with Gasteiger partial charge in [-0.1, -0.05) is 74.5 Å². The fourth-order valence-electron chi connectivity index (χ4n) is 5.83. The first-order valence-corrected chi connectivity index (χ1v) is 12.3. The molecule has 4 rings (SSSR count). The van der Waals surface area contributed by atoms with Crippen LogP contribution in [-0.4, -0.2) is 25.4 Å². The molecule has 5 nitrogen and oxygen atoms in total. The van der Waals surface area contributed by atoms with Crippen LogP contribution in [0.25, 0.3) is 0 Å². The molecule has 4 unspecified atom stereocenters. The van der Waals surface area contributed by atoms with Crippen molar-refractivity contribution in [3.63, 3.8) is 0 Å². The zero-order chi connectivity index (χ0) is 21.6. The lowest BCUT2D eigenvalue weighted by atomic mass is 9.70. The molecule has 2 aromatic carbocycles. The number of benzene rings is 2. The number of aliphatic hydroxyl groups excluding tert-OH is 1. The summed E-state index contributed by atoms with van der Waals surface area (Å²) in [6, 6.07) is 17.9. The third kappa shape index (κ3) is 3.60. The zero-order valence-corrected chi connectivity index (χ0v) is 18.5. The molecule has 162 valence electrons. The van der Waals surface area contributed by atoms with Crippen molar-refractivity contribution in [2.75, 3.05) is 5.75 Å². The lowest BCUT2D eigenvalue weighted by Gasteiger charge is -2.40. The van der Waals surface area contributed by atoms with Gasteiger partial charge in [0.05, 0.1) is 23.9 Å². The van der Waals surface area contributed by atoms with Crippen LogP contribution in [0.3, 0.4) is 0 Å². The van der Waals surface area contributed by atoms with Gasteiger partial charge in [-0.25, -0.2) is 13.1 Å². The van der Waals surface area contributed by atoms with Gasteiger partial charge >= 0.3 is 0 Å². The van der Waals surface area contributed by atoms with E-state index in [1.165, 1.54) is 0 Å². The van der Waals surface area contributed by atoms with Crippen LogP contribution in [0.2, 0.25) is 0 Å². The highest BCUT2D eigenvalue weighted by atomic mass is 32.2. The van der Waals surface area contributed by atoms with Gasteiger partial charge in [-0.3, -0.25) is 0 Å². The van der Waals surface area contributed by atoms with Gasteiger partial charge in [0, 0.05) is 5.41 Å². The van der Waals surface area contributed by atoms with Crippen molar-refractivity contribution < 1.29 is 13.5 Å². The average Bonchev–Trinajstić information content (AvgIpc) is 3.07. The maximum Gasteiger partial charge on any atom is 0.212 e. The minimum Gasteiger partial charge on any atom is -0.392 e. The van der Waals surface area contributed by atoms with Crippen molar-refractivity contribution >= 4 is 10.0 Å². The predicted octanol–water partition coefficient (Wildman–Crippen LogP) is 3.53. The normalized spacial score (nSPS) is 29.6. The Morgan fingerprint density at radius 2 is 1.63 bits per heavy atom. The molecule has 2 bridgehead atoms. The molecule has 2 fully saturated rings. The van der Waals surface area contributed by atoms with E-state index in [2.05, 4.69) is 18.6 Å². The van der Waals surface area contributed by atoms with Gasteiger partial charge in [0.15, 0.2) is 0 Å². The number of nitrogens with one attached hydrogen (secondary N) is 1. The lowest BCUT2D eigenvalue weighted by molar-refractivity contribution is 0.0151. The standard InChI is InChI=1S/C24H32N2O3S/c1-23(2)19-13-14-24(23,20(27)15-19)16-30(28,29)26-22(18-11-7-4-8-12-18)21(25)17-9-5-3-6-10-17/h3-12,19-22,26-27H,13-16,25H2,1-2H3/t19?,20?,21?,22?,24-/m0/s1. The summed E-state index contributed by atoms with van der Waals surface area (Å²) in [7, 11) is -3.70. The molecule has 0 heterocycles. The van der Waals surface area contributed by atoms with Gasteiger partial charge in [0.25, 0.3) is 0 Å². The molecule has 0 aliphatic heterocycles. The minimum absolute atomic E-state index is 0.0739. The van der Waals surface area contributed by atoms with E-state index in [0.29, 0.717) is 12.3 Å². The van der Waals surface area contributed by atoms with E-state index in [-0.39, 0.29) is 11.2 Å². The first-order chi connectivity index (χ1) is 14.2. The second kappa shape index (κ2) is 7.75.